The van der Waals surface area contributed by atoms with E-state index < -0.39 is 5.82 Å². The van der Waals surface area contributed by atoms with Crippen molar-refractivity contribution in [1.29, 1.82) is 0 Å². The van der Waals surface area contributed by atoms with E-state index in [0.717, 1.165) is 61.4 Å². The van der Waals surface area contributed by atoms with Crippen molar-refractivity contribution in [3.05, 3.63) is 75.7 Å². The Hall–Kier alpha value is -2.50. The van der Waals surface area contributed by atoms with Crippen molar-refractivity contribution in [2.75, 3.05) is 18.4 Å². The maximum atomic E-state index is 13.8. The van der Waals surface area contributed by atoms with E-state index in [9.17, 15) is 4.39 Å². The summed E-state index contributed by atoms with van der Waals surface area (Å²) in [5.74, 6) is -0.408. The van der Waals surface area contributed by atoms with E-state index in [1.165, 1.54) is 54.9 Å². The molecule has 0 radical (unpaired) electrons. The fourth-order valence-electron chi connectivity index (χ4n) is 5.55. The van der Waals surface area contributed by atoms with Crippen LogP contribution in [0.2, 0.25) is 5.02 Å². The van der Waals surface area contributed by atoms with Gasteiger partial charge in [-0.05, 0) is 80.0 Å². The number of fused-ring (bicyclic) bond motifs is 1. The van der Waals surface area contributed by atoms with E-state index in [2.05, 4.69) is 47.1 Å². The van der Waals surface area contributed by atoms with Crippen LogP contribution in [0.25, 0.3) is 11.3 Å². The van der Waals surface area contributed by atoms with E-state index in [1.807, 2.05) is 6.92 Å². The molecule has 0 spiro atoms. The van der Waals surface area contributed by atoms with Crippen molar-refractivity contribution in [3.8, 4) is 0 Å². The lowest BCUT2D eigenvalue weighted by molar-refractivity contribution is 0.385. The van der Waals surface area contributed by atoms with Gasteiger partial charge in [0.15, 0.2) is 0 Å². The van der Waals surface area contributed by atoms with Crippen LogP contribution in [-0.2, 0) is 0 Å². The van der Waals surface area contributed by atoms with Crippen LogP contribution in [0.15, 0.2) is 48.2 Å². The normalized spacial score (nSPS) is 20.1. The molecular formula is C31H42ClFN4. The molecule has 1 saturated carbocycles. The van der Waals surface area contributed by atoms with Gasteiger partial charge in [-0.15, -0.1) is 0 Å². The molecule has 1 aliphatic carbocycles. The molecule has 0 bridgehead atoms. The van der Waals surface area contributed by atoms with Gasteiger partial charge in [-0.3, -0.25) is 0 Å². The van der Waals surface area contributed by atoms with Crippen LogP contribution in [0.1, 0.15) is 94.4 Å². The van der Waals surface area contributed by atoms with E-state index in [1.54, 1.807) is 12.1 Å². The second-order valence-electron chi connectivity index (χ2n) is 10.5. The number of unbranched alkanes of at least 4 members (excludes halogenated alkanes) is 1. The Balaban J connectivity index is 1.66. The lowest BCUT2D eigenvalue weighted by Gasteiger charge is -2.23. The Morgan fingerprint density at radius 2 is 1.95 bits per heavy atom. The van der Waals surface area contributed by atoms with Crippen LogP contribution in [0.4, 0.5) is 10.1 Å². The fourth-order valence-corrected chi connectivity index (χ4v) is 5.73. The van der Waals surface area contributed by atoms with Crippen LogP contribution >= 0.6 is 11.6 Å². The van der Waals surface area contributed by atoms with Crippen molar-refractivity contribution < 1.29 is 4.39 Å². The summed E-state index contributed by atoms with van der Waals surface area (Å²) in [6, 6.07) is 12.3. The Labute approximate surface area is 226 Å². The number of halogens is 2. The molecule has 2 aromatic carbocycles. The van der Waals surface area contributed by atoms with Crippen LogP contribution in [-0.4, -0.2) is 19.1 Å². The van der Waals surface area contributed by atoms with Crippen LogP contribution in [0.5, 0.6) is 0 Å². The predicted octanol–water partition coefficient (Wildman–Crippen LogP) is 7.77. The molecule has 6 heteroatoms. The summed E-state index contributed by atoms with van der Waals surface area (Å²) in [6.45, 7) is 5.88. The summed E-state index contributed by atoms with van der Waals surface area (Å²) < 4.78 is 13.8. The standard InChI is InChI=1S/C31H42ClFN4/c1-3-4-8-22(15-17-35-24-9-6-5-7-10-24)23-11-13-26-27(19-23)30(16-18-36-31(26)21(2)34)37-25-12-14-29(33)28(32)20-25/h11-15,19-20,24,30,35-37H,3-10,16-18,34H2,1-2H3/b22-15+,31-21-. The minimum atomic E-state index is -0.408. The van der Waals surface area contributed by atoms with Gasteiger partial charge in [0.1, 0.15) is 5.82 Å². The van der Waals surface area contributed by atoms with E-state index in [0.29, 0.717) is 6.04 Å². The topological polar surface area (TPSA) is 62.1 Å². The van der Waals surface area contributed by atoms with Crippen molar-refractivity contribution in [2.45, 2.75) is 83.7 Å². The number of anilines is 1. The number of benzene rings is 2. The minimum absolute atomic E-state index is 0.0358. The van der Waals surface area contributed by atoms with Gasteiger partial charge in [-0.1, -0.05) is 62.4 Å². The molecule has 37 heavy (non-hydrogen) atoms. The highest BCUT2D eigenvalue weighted by Crippen LogP contribution is 2.35. The highest BCUT2D eigenvalue weighted by molar-refractivity contribution is 6.31. The Kier molecular flexibility index (Phi) is 9.93. The molecule has 0 saturated heterocycles. The Morgan fingerprint density at radius 1 is 1.14 bits per heavy atom. The first-order chi connectivity index (χ1) is 18.0. The maximum Gasteiger partial charge on any atom is 0.141 e. The van der Waals surface area contributed by atoms with Gasteiger partial charge >= 0.3 is 0 Å². The average molecular weight is 525 g/mol. The highest BCUT2D eigenvalue weighted by Gasteiger charge is 2.23. The molecule has 0 aromatic heterocycles. The largest absolute Gasteiger partial charge is 0.401 e. The molecule has 0 amide bonds. The minimum Gasteiger partial charge on any atom is -0.401 e. The molecule has 2 aliphatic rings. The Bertz CT molecular complexity index is 1120. The zero-order valence-electron chi connectivity index (χ0n) is 22.3. The molecule has 5 N–H and O–H groups in total. The summed E-state index contributed by atoms with van der Waals surface area (Å²) in [5.41, 5.74) is 13.8. The van der Waals surface area contributed by atoms with Crippen molar-refractivity contribution in [1.82, 2.24) is 10.6 Å². The van der Waals surface area contributed by atoms with Gasteiger partial charge in [0.2, 0.25) is 0 Å². The first-order valence-corrected chi connectivity index (χ1v) is 14.3. The molecule has 1 fully saturated rings. The van der Waals surface area contributed by atoms with Gasteiger partial charge in [0.05, 0.1) is 16.8 Å². The summed E-state index contributed by atoms with van der Waals surface area (Å²) in [4.78, 5) is 0. The molecule has 1 aliphatic heterocycles. The number of hydrogen-bond donors (Lipinski definition) is 4. The number of nitrogens with two attached hydrogens (primary N) is 1. The molecule has 4 nitrogen and oxygen atoms in total. The monoisotopic (exact) mass is 524 g/mol. The number of rotatable bonds is 9. The fraction of sp³-hybridized carbons (Fsp3) is 0.484. The quantitative estimate of drug-likeness (QED) is 0.270. The molecule has 2 aromatic rings. The third kappa shape index (κ3) is 7.30. The first-order valence-electron chi connectivity index (χ1n) is 13.9. The second-order valence-corrected chi connectivity index (χ2v) is 10.9. The van der Waals surface area contributed by atoms with Crippen LogP contribution in [0, 0.1) is 5.82 Å². The molecule has 4 rings (SSSR count). The Morgan fingerprint density at radius 3 is 2.68 bits per heavy atom. The third-order valence-electron chi connectivity index (χ3n) is 7.62. The van der Waals surface area contributed by atoms with E-state index in [-0.39, 0.29) is 11.1 Å². The van der Waals surface area contributed by atoms with Crippen molar-refractivity contribution >= 4 is 28.6 Å². The number of nitrogens with one attached hydrogen (secondary N) is 3. The summed E-state index contributed by atoms with van der Waals surface area (Å²) in [6.07, 6.45) is 13.3. The predicted molar refractivity (Wildman–Crippen MR) is 156 cm³/mol. The lowest BCUT2D eigenvalue weighted by atomic mass is 9.90. The molecule has 1 unspecified atom stereocenters. The van der Waals surface area contributed by atoms with E-state index >= 15 is 0 Å². The highest BCUT2D eigenvalue weighted by atomic mass is 35.5. The summed E-state index contributed by atoms with van der Waals surface area (Å²) in [5, 5.41) is 11.0. The summed E-state index contributed by atoms with van der Waals surface area (Å²) in [7, 11) is 0. The van der Waals surface area contributed by atoms with Gasteiger partial charge in [-0.2, -0.15) is 0 Å². The number of hydrogen-bond acceptors (Lipinski definition) is 4. The van der Waals surface area contributed by atoms with E-state index in [4.69, 9.17) is 17.3 Å². The maximum absolute atomic E-state index is 13.8. The smallest absolute Gasteiger partial charge is 0.141 e. The zero-order valence-corrected chi connectivity index (χ0v) is 23.1. The van der Waals surface area contributed by atoms with Crippen LogP contribution < -0.4 is 21.7 Å². The molecule has 1 atom stereocenters. The van der Waals surface area contributed by atoms with Crippen molar-refractivity contribution in [2.24, 2.45) is 5.73 Å². The number of allylic oxidation sites excluding steroid dienone is 2. The molecular weight excluding hydrogens is 483 g/mol. The zero-order chi connectivity index (χ0) is 26.2. The summed E-state index contributed by atoms with van der Waals surface area (Å²) >= 11 is 6.08. The SMILES string of the molecule is CCCC/C(=C\CNC1CCCCC1)c1ccc2c(c1)C(Nc1ccc(F)c(Cl)c1)CCN/C2=C(/C)N. The lowest BCUT2D eigenvalue weighted by Crippen LogP contribution is -2.31. The van der Waals surface area contributed by atoms with Crippen LogP contribution in [0.3, 0.4) is 0 Å². The van der Waals surface area contributed by atoms with Gasteiger partial charge in [0.25, 0.3) is 0 Å². The second kappa shape index (κ2) is 13.3. The molecule has 1 heterocycles. The van der Waals surface area contributed by atoms with Gasteiger partial charge in [0, 0.05) is 36.1 Å². The first kappa shape index (κ1) is 27.5. The van der Waals surface area contributed by atoms with Gasteiger partial charge < -0.3 is 21.7 Å². The average Bonchev–Trinajstić information content (AvgIpc) is 3.08. The van der Waals surface area contributed by atoms with Crippen molar-refractivity contribution in [3.63, 3.8) is 0 Å². The van der Waals surface area contributed by atoms with Gasteiger partial charge in [-0.25, -0.2) is 4.39 Å². The molecule has 200 valence electrons. The third-order valence-corrected chi connectivity index (χ3v) is 7.91.